The van der Waals surface area contributed by atoms with Gasteiger partial charge in [0.15, 0.2) is 0 Å². The molecule has 2 aliphatic heterocycles. The van der Waals surface area contributed by atoms with Crippen molar-refractivity contribution >= 4 is 29.7 Å². The first-order valence-corrected chi connectivity index (χ1v) is 7.98. The number of thiophene rings is 1. The summed E-state index contributed by atoms with van der Waals surface area (Å²) < 4.78 is 0. The van der Waals surface area contributed by atoms with Gasteiger partial charge in [0, 0.05) is 24.5 Å². The number of carbonyl (C=O) groups is 1. The summed E-state index contributed by atoms with van der Waals surface area (Å²) in [4.78, 5) is 16.7. The number of nitrogens with one attached hydrogen (secondary N) is 1. The molecule has 2 fully saturated rings. The van der Waals surface area contributed by atoms with Gasteiger partial charge >= 0.3 is 0 Å². The molecule has 112 valence electrons. The van der Waals surface area contributed by atoms with E-state index in [0.29, 0.717) is 5.41 Å². The van der Waals surface area contributed by atoms with Crippen LogP contribution in [0.5, 0.6) is 0 Å². The molecule has 0 aliphatic carbocycles. The lowest BCUT2D eigenvalue weighted by atomic mass is 9.78. The monoisotopic (exact) mass is 314 g/mol. The van der Waals surface area contributed by atoms with Crippen molar-refractivity contribution in [3.05, 3.63) is 21.4 Å². The zero-order chi connectivity index (χ0) is 13.5. The molecule has 1 aromatic rings. The Morgan fingerprint density at radius 1 is 1.30 bits per heavy atom. The fourth-order valence-corrected chi connectivity index (χ4v) is 4.24. The van der Waals surface area contributed by atoms with Crippen LogP contribution in [0, 0.1) is 19.3 Å². The molecule has 2 saturated heterocycles. The molecule has 20 heavy (non-hydrogen) atoms. The summed E-state index contributed by atoms with van der Waals surface area (Å²) in [6.07, 6.45) is 3.61. The molecule has 5 heteroatoms. The van der Waals surface area contributed by atoms with E-state index in [1.165, 1.54) is 16.9 Å². The lowest BCUT2D eigenvalue weighted by Crippen LogP contribution is -2.43. The third-order valence-electron chi connectivity index (χ3n) is 4.82. The molecule has 1 amide bonds. The maximum atomic E-state index is 12.5. The van der Waals surface area contributed by atoms with Crippen LogP contribution < -0.4 is 5.32 Å². The third kappa shape index (κ3) is 2.87. The van der Waals surface area contributed by atoms with Crippen LogP contribution >= 0.6 is 23.7 Å². The molecule has 1 spiro atoms. The molecule has 2 aliphatic rings. The number of aryl methyl sites for hydroxylation is 2. The van der Waals surface area contributed by atoms with E-state index in [1.54, 1.807) is 11.3 Å². The molecule has 3 nitrogen and oxygen atoms in total. The lowest BCUT2D eigenvalue weighted by molar-refractivity contribution is 0.0612. The molecule has 1 aromatic heterocycles. The Hall–Kier alpha value is -0.580. The van der Waals surface area contributed by atoms with Crippen LogP contribution in [0.2, 0.25) is 0 Å². The molecule has 3 rings (SSSR count). The largest absolute Gasteiger partial charge is 0.338 e. The van der Waals surface area contributed by atoms with Gasteiger partial charge in [-0.25, -0.2) is 0 Å². The van der Waals surface area contributed by atoms with Gasteiger partial charge in [-0.2, -0.15) is 0 Å². The van der Waals surface area contributed by atoms with Crippen molar-refractivity contribution in [3.63, 3.8) is 0 Å². The maximum absolute atomic E-state index is 12.5. The second kappa shape index (κ2) is 6.04. The van der Waals surface area contributed by atoms with Gasteiger partial charge in [0.2, 0.25) is 0 Å². The average molecular weight is 315 g/mol. The van der Waals surface area contributed by atoms with E-state index in [-0.39, 0.29) is 18.3 Å². The van der Waals surface area contributed by atoms with Crippen molar-refractivity contribution in [2.45, 2.75) is 33.1 Å². The number of likely N-dealkylation sites (tertiary alicyclic amines) is 1. The van der Waals surface area contributed by atoms with Crippen LogP contribution in [0.15, 0.2) is 6.07 Å². The number of piperidine rings is 1. The van der Waals surface area contributed by atoms with Crippen molar-refractivity contribution in [2.24, 2.45) is 5.41 Å². The molecule has 3 heterocycles. The highest BCUT2D eigenvalue weighted by atomic mass is 35.5. The summed E-state index contributed by atoms with van der Waals surface area (Å²) in [6.45, 7) is 8.32. The van der Waals surface area contributed by atoms with Crippen molar-refractivity contribution in [1.29, 1.82) is 0 Å². The SMILES string of the molecule is Cc1cc(C(=O)N2CCC3(CCNC3)CC2)sc1C.Cl. The van der Waals surface area contributed by atoms with E-state index in [4.69, 9.17) is 0 Å². The van der Waals surface area contributed by atoms with E-state index in [0.717, 1.165) is 43.9 Å². The Morgan fingerprint density at radius 3 is 2.50 bits per heavy atom. The number of rotatable bonds is 1. The van der Waals surface area contributed by atoms with E-state index < -0.39 is 0 Å². The Bertz CT molecular complexity index is 465. The Balaban J connectivity index is 0.00000147. The van der Waals surface area contributed by atoms with Crippen molar-refractivity contribution in [2.75, 3.05) is 26.2 Å². The second-order valence-corrected chi connectivity index (χ2v) is 7.33. The van der Waals surface area contributed by atoms with Crippen molar-refractivity contribution < 1.29 is 4.79 Å². The highest BCUT2D eigenvalue weighted by Crippen LogP contribution is 2.37. The predicted octanol–water partition coefficient (Wildman–Crippen LogP) is 3.00. The summed E-state index contributed by atoms with van der Waals surface area (Å²) in [7, 11) is 0. The molecule has 0 bridgehead atoms. The van der Waals surface area contributed by atoms with E-state index in [1.807, 2.05) is 11.0 Å². The quantitative estimate of drug-likeness (QED) is 0.864. The van der Waals surface area contributed by atoms with Gasteiger partial charge in [-0.05, 0) is 56.7 Å². The number of hydrogen-bond acceptors (Lipinski definition) is 3. The third-order valence-corrected chi connectivity index (χ3v) is 5.96. The molecule has 0 saturated carbocycles. The summed E-state index contributed by atoms with van der Waals surface area (Å²) in [5.74, 6) is 0.238. The van der Waals surface area contributed by atoms with Crippen LogP contribution in [0.1, 0.15) is 39.4 Å². The number of carbonyl (C=O) groups excluding carboxylic acids is 1. The van der Waals surface area contributed by atoms with Gasteiger partial charge in [-0.15, -0.1) is 23.7 Å². The summed E-state index contributed by atoms with van der Waals surface area (Å²) in [5, 5.41) is 3.47. The minimum absolute atomic E-state index is 0. The molecule has 1 N–H and O–H groups in total. The molecule has 0 aromatic carbocycles. The van der Waals surface area contributed by atoms with Gasteiger partial charge in [-0.3, -0.25) is 4.79 Å². The topological polar surface area (TPSA) is 32.3 Å². The first kappa shape index (κ1) is 15.8. The van der Waals surface area contributed by atoms with E-state index in [2.05, 4.69) is 19.2 Å². The first-order valence-electron chi connectivity index (χ1n) is 7.17. The van der Waals surface area contributed by atoms with Crippen LogP contribution in [0.25, 0.3) is 0 Å². The van der Waals surface area contributed by atoms with E-state index in [9.17, 15) is 4.79 Å². The second-order valence-electron chi connectivity index (χ2n) is 6.07. The maximum Gasteiger partial charge on any atom is 0.263 e. The fourth-order valence-electron chi connectivity index (χ4n) is 3.24. The lowest BCUT2D eigenvalue weighted by Gasteiger charge is -2.38. The minimum atomic E-state index is 0. The van der Waals surface area contributed by atoms with Crippen molar-refractivity contribution in [3.8, 4) is 0 Å². The highest BCUT2D eigenvalue weighted by Gasteiger charge is 2.38. The Morgan fingerprint density at radius 2 is 2.00 bits per heavy atom. The van der Waals surface area contributed by atoms with Crippen LogP contribution in [0.3, 0.4) is 0 Å². The predicted molar refractivity (Wildman–Crippen MR) is 86.1 cm³/mol. The van der Waals surface area contributed by atoms with Crippen LogP contribution in [-0.4, -0.2) is 37.0 Å². The standard InChI is InChI=1S/C15H22N2OS.ClH/c1-11-9-13(19-12(11)2)14(18)17-7-4-15(5-8-17)3-6-16-10-15;/h9,16H,3-8,10H2,1-2H3;1H. The molecule has 0 unspecified atom stereocenters. The van der Waals surface area contributed by atoms with Crippen molar-refractivity contribution in [1.82, 2.24) is 10.2 Å². The van der Waals surface area contributed by atoms with Gasteiger partial charge in [-0.1, -0.05) is 0 Å². The number of nitrogens with zero attached hydrogens (tertiary/aromatic N) is 1. The average Bonchev–Trinajstić information content (AvgIpc) is 2.98. The summed E-state index contributed by atoms with van der Waals surface area (Å²) in [5.41, 5.74) is 1.72. The zero-order valence-corrected chi connectivity index (χ0v) is 13.8. The first-order chi connectivity index (χ1) is 9.10. The summed E-state index contributed by atoms with van der Waals surface area (Å²) in [6, 6.07) is 2.05. The Kier molecular flexibility index (Phi) is 4.77. The molecule has 0 radical (unpaired) electrons. The number of halogens is 1. The highest BCUT2D eigenvalue weighted by molar-refractivity contribution is 7.14. The minimum Gasteiger partial charge on any atom is -0.338 e. The fraction of sp³-hybridized carbons (Fsp3) is 0.667. The van der Waals surface area contributed by atoms with E-state index >= 15 is 0 Å². The normalized spacial score (nSPS) is 21.0. The molecular weight excluding hydrogens is 292 g/mol. The van der Waals surface area contributed by atoms with Gasteiger partial charge in [0.25, 0.3) is 5.91 Å². The van der Waals surface area contributed by atoms with Crippen LogP contribution in [-0.2, 0) is 0 Å². The van der Waals surface area contributed by atoms with Gasteiger partial charge < -0.3 is 10.2 Å². The number of hydrogen-bond donors (Lipinski definition) is 1. The Labute approximate surface area is 131 Å². The number of amides is 1. The molecular formula is C15H23ClN2OS. The van der Waals surface area contributed by atoms with Gasteiger partial charge in [0.05, 0.1) is 4.88 Å². The zero-order valence-electron chi connectivity index (χ0n) is 12.2. The summed E-state index contributed by atoms with van der Waals surface area (Å²) >= 11 is 1.64. The van der Waals surface area contributed by atoms with Gasteiger partial charge in [0.1, 0.15) is 0 Å². The van der Waals surface area contributed by atoms with Crippen LogP contribution in [0.4, 0.5) is 0 Å². The smallest absolute Gasteiger partial charge is 0.263 e. The molecule has 0 atom stereocenters.